The predicted molar refractivity (Wildman–Crippen MR) is 61.0 cm³/mol. The first-order valence-electron chi connectivity index (χ1n) is 4.20. The molecule has 13 heavy (non-hydrogen) atoms. The molecule has 0 aliphatic heterocycles. The molecule has 1 aromatic rings. The Morgan fingerprint density at radius 2 is 2.23 bits per heavy atom. The van der Waals surface area contributed by atoms with Crippen molar-refractivity contribution in [3.63, 3.8) is 0 Å². The molecule has 0 saturated carbocycles. The highest BCUT2D eigenvalue weighted by atomic mass is 127. The van der Waals surface area contributed by atoms with Crippen molar-refractivity contribution in [2.45, 2.75) is 12.8 Å². The Morgan fingerprint density at radius 3 is 3.00 bits per heavy atom. The van der Waals surface area contributed by atoms with E-state index < -0.39 is 0 Å². The van der Waals surface area contributed by atoms with Gasteiger partial charge in [-0.25, -0.2) is 0 Å². The lowest BCUT2D eigenvalue weighted by Gasteiger charge is -1.99. The van der Waals surface area contributed by atoms with Gasteiger partial charge in [-0.2, -0.15) is 0 Å². The van der Waals surface area contributed by atoms with Crippen LogP contribution < -0.4 is 0 Å². The van der Waals surface area contributed by atoms with Crippen LogP contribution in [-0.4, -0.2) is 12.8 Å². The van der Waals surface area contributed by atoms with Gasteiger partial charge in [-0.3, -0.25) is 0 Å². The average molecular weight is 287 g/mol. The molecule has 0 atom stereocenters. The molecule has 2 nitrogen and oxygen atoms in total. The Morgan fingerprint density at radius 1 is 1.38 bits per heavy atom. The normalized spacial score (nSPS) is 17.5. The molecule has 1 aliphatic carbocycles. The van der Waals surface area contributed by atoms with Crippen molar-refractivity contribution in [3.05, 3.63) is 32.9 Å². The Labute approximate surface area is 91.1 Å². The Kier molecular flexibility index (Phi) is 2.53. The maximum atomic E-state index is 4.80. The van der Waals surface area contributed by atoms with Gasteiger partial charge in [0.05, 0.1) is 5.71 Å². The molecule has 0 heterocycles. The second-order valence-electron chi connectivity index (χ2n) is 3.02. The molecule has 0 unspecified atom stereocenters. The first-order chi connectivity index (χ1) is 6.31. The topological polar surface area (TPSA) is 21.6 Å². The summed E-state index contributed by atoms with van der Waals surface area (Å²) in [6, 6.07) is 6.45. The van der Waals surface area contributed by atoms with Crippen molar-refractivity contribution in [3.8, 4) is 0 Å². The zero-order chi connectivity index (χ0) is 9.26. The van der Waals surface area contributed by atoms with Crippen molar-refractivity contribution >= 4 is 28.3 Å². The van der Waals surface area contributed by atoms with E-state index in [2.05, 4.69) is 45.9 Å². The van der Waals surface area contributed by atoms with Crippen molar-refractivity contribution < 1.29 is 4.84 Å². The van der Waals surface area contributed by atoms with Gasteiger partial charge in [-0.1, -0.05) is 11.2 Å². The zero-order valence-electron chi connectivity index (χ0n) is 7.38. The minimum atomic E-state index is 1.00. The Hall–Kier alpha value is -0.580. The smallest absolute Gasteiger partial charge is 0.106 e. The largest absolute Gasteiger partial charge is 0.399 e. The summed E-state index contributed by atoms with van der Waals surface area (Å²) < 4.78 is 1.29. The van der Waals surface area contributed by atoms with Crippen LogP contribution in [0.15, 0.2) is 23.4 Å². The number of oxime groups is 1. The van der Waals surface area contributed by atoms with E-state index in [1.807, 2.05) is 0 Å². The third kappa shape index (κ3) is 1.70. The van der Waals surface area contributed by atoms with Crippen LogP contribution in [-0.2, 0) is 11.3 Å². The molecule has 68 valence electrons. The number of aryl methyl sites for hydroxylation is 1. The second-order valence-corrected chi connectivity index (χ2v) is 4.27. The van der Waals surface area contributed by atoms with Crippen LogP contribution in [0.25, 0.3) is 0 Å². The summed E-state index contributed by atoms with van der Waals surface area (Å²) in [6.45, 7) is 0. The van der Waals surface area contributed by atoms with Crippen LogP contribution in [0.5, 0.6) is 0 Å². The highest BCUT2D eigenvalue weighted by Gasteiger charge is 2.17. The molecule has 1 aromatic carbocycles. The van der Waals surface area contributed by atoms with Crippen LogP contribution in [0.3, 0.4) is 0 Å². The summed E-state index contributed by atoms with van der Waals surface area (Å²) in [4.78, 5) is 4.80. The van der Waals surface area contributed by atoms with E-state index in [0.29, 0.717) is 0 Å². The lowest BCUT2D eigenvalue weighted by Crippen LogP contribution is -1.94. The van der Waals surface area contributed by atoms with E-state index in [1.165, 1.54) is 14.7 Å². The molecule has 2 rings (SSSR count). The number of rotatable bonds is 1. The average Bonchev–Trinajstić information content (AvgIpc) is 2.49. The minimum absolute atomic E-state index is 1.00. The Balaban J connectivity index is 2.44. The summed E-state index contributed by atoms with van der Waals surface area (Å²) in [7, 11) is 1.59. The molecule has 1 aliphatic rings. The van der Waals surface area contributed by atoms with E-state index in [9.17, 15) is 0 Å². The predicted octanol–water partition coefficient (Wildman–Crippen LogP) is 2.59. The molecule has 0 fully saturated rings. The summed E-state index contributed by atoms with van der Waals surface area (Å²) >= 11 is 2.33. The van der Waals surface area contributed by atoms with Crippen LogP contribution in [0.4, 0.5) is 0 Å². The summed E-state index contributed by atoms with van der Waals surface area (Å²) in [5.74, 6) is 0. The van der Waals surface area contributed by atoms with Crippen molar-refractivity contribution in [1.82, 2.24) is 0 Å². The molecule has 0 saturated heterocycles. The second kappa shape index (κ2) is 3.65. The number of halogens is 1. The molecule has 0 N–H and O–H groups in total. The van der Waals surface area contributed by atoms with Gasteiger partial charge < -0.3 is 4.84 Å². The fourth-order valence-electron chi connectivity index (χ4n) is 1.64. The molecule has 3 heteroatoms. The number of benzene rings is 1. The van der Waals surface area contributed by atoms with Crippen molar-refractivity contribution in [1.29, 1.82) is 0 Å². The van der Waals surface area contributed by atoms with Crippen LogP contribution in [0.1, 0.15) is 17.5 Å². The van der Waals surface area contributed by atoms with E-state index in [0.717, 1.165) is 18.6 Å². The number of nitrogens with zero attached hydrogens (tertiary/aromatic N) is 1. The number of fused-ring (bicyclic) bond motifs is 1. The molecule has 0 bridgehead atoms. The van der Waals surface area contributed by atoms with Gasteiger partial charge in [-0.15, -0.1) is 0 Å². The maximum Gasteiger partial charge on any atom is 0.106 e. The van der Waals surface area contributed by atoms with Crippen LogP contribution >= 0.6 is 22.6 Å². The van der Waals surface area contributed by atoms with Crippen molar-refractivity contribution in [2.75, 3.05) is 7.11 Å². The lowest BCUT2D eigenvalue weighted by atomic mass is 10.1. The van der Waals surface area contributed by atoms with E-state index in [-0.39, 0.29) is 0 Å². The first-order valence-corrected chi connectivity index (χ1v) is 5.28. The minimum Gasteiger partial charge on any atom is -0.399 e. The molecular weight excluding hydrogens is 277 g/mol. The monoisotopic (exact) mass is 287 g/mol. The fraction of sp³-hybridized carbons (Fsp3) is 0.300. The molecule has 0 aromatic heterocycles. The Bertz CT molecular complexity index is 360. The lowest BCUT2D eigenvalue weighted by molar-refractivity contribution is 0.213. The summed E-state index contributed by atoms with van der Waals surface area (Å²) in [5.41, 5.74) is 3.72. The van der Waals surface area contributed by atoms with Gasteiger partial charge in [0.2, 0.25) is 0 Å². The van der Waals surface area contributed by atoms with Gasteiger partial charge in [0.25, 0.3) is 0 Å². The van der Waals surface area contributed by atoms with Gasteiger partial charge >= 0.3 is 0 Å². The first kappa shape index (κ1) is 8.99. The van der Waals surface area contributed by atoms with E-state index >= 15 is 0 Å². The highest BCUT2D eigenvalue weighted by molar-refractivity contribution is 14.1. The van der Waals surface area contributed by atoms with Crippen molar-refractivity contribution in [2.24, 2.45) is 5.16 Å². The molecule has 0 radical (unpaired) electrons. The summed E-state index contributed by atoms with van der Waals surface area (Å²) in [5, 5.41) is 4.01. The third-order valence-electron chi connectivity index (χ3n) is 2.21. The third-order valence-corrected chi connectivity index (χ3v) is 2.88. The van der Waals surface area contributed by atoms with Gasteiger partial charge in [0.15, 0.2) is 0 Å². The molecule has 0 spiro atoms. The maximum absolute atomic E-state index is 4.80. The van der Waals surface area contributed by atoms with E-state index in [1.54, 1.807) is 7.11 Å². The van der Waals surface area contributed by atoms with Crippen LogP contribution in [0.2, 0.25) is 0 Å². The highest BCUT2D eigenvalue weighted by Crippen LogP contribution is 2.24. The van der Waals surface area contributed by atoms with Gasteiger partial charge in [-0.05, 0) is 53.1 Å². The van der Waals surface area contributed by atoms with Gasteiger partial charge in [0, 0.05) is 9.13 Å². The fourth-order valence-corrected chi connectivity index (χ4v) is 2.20. The molecule has 0 amide bonds. The SMILES string of the molecule is CON=C1CCc2cc(I)ccc21. The zero-order valence-corrected chi connectivity index (χ0v) is 9.54. The molecular formula is C10H10INO. The van der Waals surface area contributed by atoms with E-state index in [4.69, 9.17) is 4.84 Å². The summed E-state index contributed by atoms with van der Waals surface area (Å²) in [6.07, 6.45) is 2.09. The standard InChI is InChI=1S/C10H10INO/c1-13-12-10-5-2-7-6-8(11)3-4-9(7)10/h3-4,6H,2,5H2,1H3. The quantitative estimate of drug-likeness (QED) is 0.574. The number of hydrogen-bond donors (Lipinski definition) is 0. The van der Waals surface area contributed by atoms with Gasteiger partial charge in [0.1, 0.15) is 7.11 Å². The number of hydrogen-bond acceptors (Lipinski definition) is 2. The van der Waals surface area contributed by atoms with Crippen LogP contribution in [0, 0.1) is 3.57 Å².